The first-order valence-electron chi connectivity index (χ1n) is 7.88. The maximum atomic E-state index is 12.0. The summed E-state index contributed by atoms with van der Waals surface area (Å²) >= 11 is 0. The average molecular weight is 298 g/mol. The molecule has 1 fully saturated rings. The van der Waals surface area contributed by atoms with Gasteiger partial charge in [0.25, 0.3) is 0 Å². The lowest BCUT2D eigenvalue weighted by molar-refractivity contribution is 0.234. The van der Waals surface area contributed by atoms with E-state index in [2.05, 4.69) is 15.6 Å². The highest BCUT2D eigenvalue weighted by Crippen LogP contribution is 2.18. The second kappa shape index (κ2) is 6.64. The number of carbonyl (C=O) groups is 1. The van der Waals surface area contributed by atoms with E-state index >= 15 is 0 Å². The maximum Gasteiger partial charge on any atom is 0.315 e. The lowest BCUT2D eigenvalue weighted by Gasteiger charge is -2.18. The molecule has 0 saturated heterocycles. The lowest BCUT2D eigenvalue weighted by atomic mass is 10.1. The molecule has 1 aromatic carbocycles. The largest absolute Gasteiger partial charge is 0.335 e. The summed E-state index contributed by atoms with van der Waals surface area (Å²) in [6.45, 7) is 2.00. The number of nitrogens with zero attached hydrogens (tertiary/aromatic N) is 2. The van der Waals surface area contributed by atoms with Crippen LogP contribution in [0, 0.1) is 0 Å². The zero-order valence-electron chi connectivity index (χ0n) is 12.8. The van der Waals surface area contributed by atoms with Crippen LogP contribution in [-0.4, -0.2) is 21.6 Å². The molecule has 2 aromatic rings. The van der Waals surface area contributed by atoms with Crippen molar-refractivity contribution in [3.63, 3.8) is 0 Å². The molecule has 0 unspecified atom stereocenters. The van der Waals surface area contributed by atoms with Gasteiger partial charge in [-0.25, -0.2) is 9.78 Å². The van der Waals surface area contributed by atoms with Crippen LogP contribution >= 0.6 is 0 Å². The van der Waals surface area contributed by atoms with Crippen molar-refractivity contribution in [3.8, 4) is 5.69 Å². The van der Waals surface area contributed by atoms with Crippen molar-refractivity contribution in [2.75, 3.05) is 0 Å². The highest BCUT2D eigenvalue weighted by molar-refractivity contribution is 5.74. The molecular weight excluding hydrogens is 276 g/mol. The van der Waals surface area contributed by atoms with Crippen LogP contribution in [0.3, 0.4) is 0 Å². The number of imidazole rings is 1. The molecule has 116 valence electrons. The zero-order chi connectivity index (χ0) is 15.4. The molecule has 0 aliphatic heterocycles. The summed E-state index contributed by atoms with van der Waals surface area (Å²) in [6, 6.07) is 8.40. The van der Waals surface area contributed by atoms with Gasteiger partial charge < -0.3 is 15.2 Å². The van der Waals surface area contributed by atoms with E-state index in [1.54, 1.807) is 12.5 Å². The van der Waals surface area contributed by atoms with E-state index in [1.165, 1.54) is 12.8 Å². The molecule has 1 atom stereocenters. The average Bonchev–Trinajstić information content (AvgIpc) is 3.20. The van der Waals surface area contributed by atoms with Crippen molar-refractivity contribution in [1.29, 1.82) is 0 Å². The van der Waals surface area contributed by atoms with E-state index in [4.69, 9.17) is 0 Å². The van der Waals surface area contributed by atoms with Gasteiger partial charge in [-0.1, -0.05) is 25.0 Å². The molecule has 0 bridgehead atoms. The molecule has 0 spiro atoms. The van der Waals surface area contributed by atoms with Crippen molar-refractivity contribution in [2.45, 2.75) is 44.7 Å². The first kappa shape index (κ1) is 14.6. The molecule has 2 N–H and O–H groups in total. The number of rotatable bonds is 4. The molecular formula is C17H22N4O. The summed E-state index contributed by atoms with van der Waals surface area (Å²) in [5.41, 5.74) is 2.15. The Morgan fingerprint density at radius 1 is 1.27 bits per heavy atom. The third kappa shape index (κ3) is 3.47. The van der Waals surface area contributed by atoms with Crippen LogP contribution in [0.15, 0.2) is 43.0 Å². The van der Waals surface area contributed by atoms with Crippen LogP contribution in [0.1, 0.15) is 44.2 Å². The standard InChI is InChI=1S/C17H22N4O/c1-13(19-17(22)20-15-4-2-3-5-15)14-6-8-16(9-7-14)21-11-10-18-12-21/h6-13,15H,2-5H2,1H3,(H2,19,20,22)/t13-/m0/s1. The fourth-order valence-electron chi connectivity index (χ4n) is 2.92. The van der Waals surface area contributed by atoms with Gasteiger partial charge in [0, 0.05) is 24.1 Å². The Balaban J connectivity index is 1.57. The first-order valence-corrected chi connectivity index (χ1v) is 7.88. The van der Waals surface area contributed by atoms with E-state index in [9.17, 15) is 4.79 Å². The Hall–Kier alpha value is -2.30. The molecule has 2 amide bonds. The van der Waals surface area contributed by atoms with Gasteiger partial charge in [-0.05, 0) is 37.5 Å². The summed E-state index contributed by atoms with van der Waals surface area (Å²) in [4.78, 5) is 16.0. The van der Waals surface area contributed by atoms with Gasteiger partial charge in [0.1, 0.15) is 0 Å². The van der Waals surface area contributed by atoms with Crippen LogP contribution in [-0.2, 0) is 0 Å². The predicted molar refractivity (Wildman–Crippen MR) is 85.9 cm³/mol. The van der Waals surface area contributed by atoms with Gasteiger partial charge in [-0.15, -0.1) is 0 Å². The normalized spacial score (nSPS) is 16.4. The highest BCUT2D eigenvalue weighted by Gasteiger charge is 2.18. The number of carbonyl (C=O) groups excluding carboxylic acids is 1. The minimum Gasteiger partial charge on any atom is -0.335 e. The first-order chi connectivity index (χ1) is 10.7. The third-order valence-electron chi connectivity index (χ3n) is 4.23. The Kier molecular flexibility index (Phi) is 4.42. The van der Waals surface area contributed by atoms with Crippen molar-refractivity contribution >= 4 is 6.03 Å². The zero-order valence-corrected chi connectivity index (χ0v) is 12.8. The van der Waals surface area contributed by atoms with Crippen molar-refractivity contribution in [1.82, 2.24) is 20.2 Å². The third-order valence-corrected chi connectivity index (χ3v) is 4.23. The number of hydrogen-bond acceptors (Lipinski definition) is 2. The molecule has 0 radical (unpaired) electrons. The minimum absolute atomic E-state index is 0.0155. The van der Waals surface area contributed by atoms with Gasteiger partial charge >= 0.3 is 6.03 Å². The monoisotopic (exact) mass is 298 g/mol. The van der Waals surface area contributed by atoms with Crippen LogP contribution < -0.4 is 10.6 Å². The van der Waals surface area contributed by atoms with E-state index in [0.29, 0.717) is 6.04 Å². The molecule has 1 aromatic heterocycles. The number of urea groups is 1. The van der Waals surface area contributed by atoms with Crippen LogP contribution in [0.5, 0.6) is 0 Å². The summed E-state index contributed by atoms with van der Waals surface area (Å²) in [7, 11) is 0. The molecule has 1 heterocycles. The maximum absolute atomic E-state index is 12.0. The number of nitrogens with one attached hydrogen (secondary N) is 2. The van der Waals surface area contributed by atoms with Gasteiger partial charge in [-0.3, -0.25) is 0 Å². The SMILES string of the molecule is C[C@H](NC(=O)NC1CCCC1)c1ccc(-n2ccnc2)cc1. The van der Waals surface area contributed by atoms with Gasteiger partial charge in [0.15, 0.2) is 0 Å². The minimum atomic E-state index is -0.0712. The Morgan fingerprint density at radius 3 is 2.64 bits per heavy atom. The summed E-state index contributed by atoms with van der Waals surface area (Å²) in [5.74, 6) is 0. The summed E-state index contributed by atoms with van der Waals surface area (Å²) in [6.07, 6.45) is 10.1. The van der Waals surface area contributed by atoms with Crippen LogP contribution in [0.25, 0.3) is 5.69 Å². The summed E-state index contributed by atoms with van der Waals surface area (Å²) in [5, 5.41) is 6.06. The van der Waals surface area contributed by atoms with Gasteiger partial charge in [-0.2, -0.15) is 0 Å². The number of aromatic nitrogens is 2. The van der Waals surface area contributed by atoms with E-state index < -0.39 is 0 Å². The van der Waals surface area contributed by atoms with Crippen molar-refractivity contribution in [3.05, 3.63) is 48.5 Å². The Morgan fingerprint density at radius 2 is 2.00 bits per heavy atom. The van der Waals surface area contributed by atoms with E-state index in [-0.39, 0.29) is 12.1 Å². The van der Waals surface area contributed by atoms with Crippen molar-refractivity contribution in [2.24, 2.45) is 0 Å². The number of benzene rings is 1. The molecule has 1 aliphatic rings. The van der Waals surface area contributed by atoms with E-state index in [0.717, 1.165) is 24.1 Å². The highest BCUT2D eigenvalue weighted by atomic mass is 16.2. The second-order valence-corrected chi connectivity index (χ2v) is 5.88. The fourth-order valence-corrected chi connectivity index (χ4v) is 2.92. The molecule has 1 saturated carbocycles. The van der Waals surface area contributed by atoms with Gasteiger partial charge in [0.05, 0.1) is 12.4 Å². The summed E-state index contributed by atoms with van der Waals surface area (Å²) < 4.78 is 1.95. The van der Waals surface area contributed by atoms with Crippen LogP contribution in [0.2, 0.25) is 0 Å². The van der Waals surface area contributed by atoms with Gasteiger partial charge in [0.2, 0.25) is 0 Å². The Labute approximate surface area is 130 Å². The molecule has 5 nitrogen and oxygen atoms in total. The molecule has 3 rings (SSSR count). The predicted octanol–water partition coefficient (Wildman–Crippen LogP) is 3.18. The smallest absolute Gasteiger partial charge is 0.315 e. The van der Waals surface area contributed by atoms with Crippen molar-refractivity contribution < 1.29 is 4.79 Å². The Bertz CT molecular complexity index is 600. The number of hydrogen-bond donors (Lipinski definition) is 2. The molecule has 22 heavy (non-hydrogen) atoms. The molecule has 1 aliphatic carbocycles. The fraction of sp³-hybridized carbons (Fsp3) is 0.412. The number of amides is 2. The second-order valence-electron chi connectivity index (χ2n) is 5.88. The topological polar surface area (TPSA) is 59.0 Å². The molecule has 5 heteroatoms. The van der Waals surface area contributed by atoms with E-state index in [1.807, 2.05) is 42.0 Å². The van der Waals surface area contributed by atoms with Crippen LogP contribution in [0.4, 0.5) is 4.79 Å². The lowest BCUT2D eigenvalue weighted by Crippen LogP contribution is -2.41. The quantitative estimate of drug-likeness (QED) is 0.911.